The Labute approximate surface area is 112 Å². The van der Waals surface area contributed by atoms with Crippen LogP contribution in [0.1, 0.15) is 27.3 Å². The summed E-state index contributed by atoms with van der Waals surface area (Å²) in [5.74, 6) is -0.378. The number of aryl methyl sites for hydroxylation is 3. The summed E-state index contributed by atoms with van der Waals surface area (Å²) in [5.41, 5.74) is 5.08. The monoisotopic (exact) mass is 256 g/mol. The van der Waals surface area contributed by atoms with Crippen LogP contribution in [-0.2, 0) is 4.74 Å². The third-order valence-corrected chi connectivity index (χ3v) is 2.98. The lowest BCUT2D eigenvalue weighted by Crippen LogP contribution is -2.06. The molecule has 0 atom stereocenters. The second-order valence-electron chi connectivity index (χ2n) is 4.50. The molecule has 0 amide bonds. The summed E-state index contributed by atoms with van der Waals surface area (Å²) in [7, 11) is 1.37. The second kappa shape index (κ2) is 5.18. The number of nitrogens with zero attached hydrogens (tertiary/aromatic N) is 2. The molecule has 0 aliphatic carbocycles. The van der Waals surface area contributed by atoms with Gasteiger partial charge in [0.2, 0.25) is 0 Å². The fourth-order valence-electron chi connectivity index (χ4n) is 1.97. The van der Waals surface area contributed by atoms with Gasteiger partial charge in [-0.15, -0.1) is 0 Å². The number of pyridine rings is 2. The van der Waals surface area contributed by atoms with Crippen molar-refractivity contribution in [3.63, 3.8) is 0 Å². The SMILES string of the molecule is COC(=O)c1cnc(C)cc1-c1cc(C)ncc1C. The van der Waals surface area contributed by atoms with Gasteiger partial charge in [0.05, 0.1) is 12.7 Å². The largest absolute Gasteiger partial charge is 0.465 e. The smallest absolute Gasteiger partial charge is 0.340 e. The van der Waals surface area contributed by atoms with Crippen molar-refractivity contribution in [2.75, 3.05) is 7.11 Å². The first kappa shape index (κ1) is 13.2. The third kappa shape index (κ3) is 2.62. The quantitative estimate of drug-likeness (QED) is 0.775. The van der Waals surface area contributed by atoms with E-state index in [1.165, 1.54) is 7.11 Å². The maximum absolute atomic E-state index is 11.8. The molecule has 2 rings (SSSR count). The number of esters is 1. The molecule has 0 aliphatic heterocycles. The molecule has 0 spiro atoms. The van der Waals surface area contributed by atoms with Crippen LogP contribution in [0, 0.1) is 20.8 Å². The molecule has 2 heterocycles. The minimum Gasteiger partial charge on any atom is -0.465 e. The van der Waals surface area contributed by atoms with Gasteiger partial charge in [-0.1, -0.05) is 0 Å². The number of hydrogen-bond acceptors (Lipinski definition) is 4. The lowest BCUT2D eigenvalue weighted by molar-refractivity contribution is 0.0601. The summed E-state index contributed by atoms with van der Waals surface area (Å²) in [5, 5.41) is 0. The Kier molecular flexibility index (Phi) is 3.60. The van der Waals surface area contributed by atoms with E-state index in [0.717, 1.165) is 28.1 Å². The number of hydrogen-bond donors (Lipinski definition) is 0. The lowest BCUT2D eigenvalue weighted by Gasteiger charge is -2.11. The van der Waals surface area contributed by atoms with Gasteiger partial charge in [0.1, 0.15) is 0 Å². The molecule has 98 valence electrons. The van der Waals surface area contributed by atoms with Gasteiger partial charge in [0.25, 0.3) is 0 Å². The summed E-state index contributed by atoms with van der Waals surface area (Å²) < 4.78 is 4.81. The predicted molar refractivity (Wildman–Crippen MR) is 73.0 cm³/mol. The Hall–Kier alpha value is -2.23. The highest BCUT2D eigenvalue weighted by Crippen LogP contribution is 2.27. The second-order valence-corrected chi connectivity index (χ2v) is 4.50. The van der Waals surface area contributed by atoms with E-state index in [0.29, 0.717) is 5.56 Å². The topological polar surface area (TPSA) is 52.1 Å². The lowest BCUT2D eigenvalue weighted by atomic mass is 9.97. The van der Waals surface area contributed by atoms with Crippen LogP contribution in [0.15, 0.2) is 24.5 Å². The van der Waals surface area contributed by atoms with E-state index in [4.69, 9.17) is 4.74 Å². The number of ether oxygens (including phenoxy) is 1. The van der Waals surface area contributed by atoms with E-state index in [-0.39, 0.29) is 5.97 Å². The van der Waals surface area contributed by atoms with Crippen LogP contribution < -0.4 is 0 Å². The van der Waals surface area contributed by atoms with Crippen LogP contribution in [-0.4, -0.2) is 23.0 Å². The first-order valence-electron chi connectivity index (χ1n) is 6.01. The fourth-order valence-corrected chi connectivity index (χ4v) is 1.97. The van der Waals surface area contributed by atoms with Gasteiger partial charge in [0, 0.05) is 23.8 Å². The van der Waals surface area contributed by atoms with Crippen molar-refractivity contribution in [3.05, 3.63) is 47.0 Å². The Morgan fingerprint density at radius 3 is 2.21 bits per heavy atom. The highest BCUT2D eigenvalue weighted by atomic mass is 16.5. The van der Waals surface area contributed by atoms with Crippen molar-refractivity contribution < 1.29 is 9.53 Å². The molecule has 0 fully saturated rings. The fraction of sp³-hybridized carbons (Fsp3) is 0.267. The van der Waals surface area contributed by atoms with E-state index in [1.54, 1.807) is 6.20 Å². The predicted octanol–water partition coefficient (Wildman–Crippen LogP) is 2.86. The highest BCUT2D eigenvalue weighted by Gasteiger charge is 2.16. The molecule has 19 heavy (non-hydrogen) atoms. The van der Waals surface area contributed by atoms with Gasteiger partial charge in [-0.3, -0.25) is 9.97 Å². The van der Waals surface area contributed by atoms with E-state index >= 15 is 0 Å². The molecule has 4 nitrogen and oxygen atoms in total. The summed E-state index contributed by atoms with van der Waals surface area (Å²) in [6.45, 7) is 5.79. The maximum atomic E-state index is 11.8. The van der Waals surface area contributed by atoms with Crippen LogP contribution in [0.5, 0.6) is 0 Å². The van der Waals surface area contributed by atoms with E-state index < -0.39 is 0 Å². The van der Waals surface area contributed by atoms with Gasteiger partial charge < -0.3 is 4.74 Å². The zero-order valence-electron chi connectivity index (χ0n) is 11.5. The Balaban J connectivity index is 2.69. The molecule has 0 bridgehead atoms. The van der Waals surface area contributed by atoms with Gasteiger partial charge in [-0.05, 0) is 49.6 Å². The van der Waals surface area contributed by atoms with Crippen molar-refractivity contribution in [3.8, 4) is 11.1 Å². The number of carbonyl (C=O) groups excluding carboxylic acids is 1. The van der Waals surface area contributed by atoms with Crippen LogP contribution in [0.2, 0.25) is 0 Å². The molecular weight excluding hydrogens is 240 g/mol. The number of carbonyl (C=O) groups is 1. The van der Waals surface area contributed by atoms with Crippen LogP contribution in [0.3, 0.4) is 0 Å². The summed E-state index contributed by atoms with van der Waals surface area (Å²) in [6, 6.07) is 3.87. The number of aromatic nitrogens is 2. The normalized spacial score (nSPS) is 10.3. The molecule has 0 saturated heterocycles. The van der Waals surface area contributed by atoms with Crippen molar-refractivity contribution in [2.24, 2.45) is 0 Å². The van der Waals surface area contributed by atoms with E-state index in [1.807, 2.05) is 39.1 Å². The molecule has 0 unspecified atom stereocenters. The van der Waals surface area contributed by atoms with Crippen molar-refractivity contribution in [1.82, 2.24) is 9.97 Å². The van der Waals surface area contributed by atoms with Crippen LogP contribution in [0.4, 0.5) is 0 Å². The average molecular weight is 256 g/mol. The first-order chi connectivity index (χ1) is 9.02. The molecule has 0 saturated carbocycles. The Bertz CT molecular complexity index is 636. The van der Waals surface area contributed by atoms with Gasteiger partial charge in [-0.25, -0.2) is 4.79 Å². The minimum absolute atomic E-state index is 0.378. The Morgan fingerprint density at radius 1 is 1.00 bits per heavy atom. The number of rotatable bonds is 2. The molecule has 2 aromatic heterocycles. The summed E-state index contributed by atoms with van der Waals surface area (Å²) in [4.78, 5) is 20.3. The summed E-state index contributed by atoms with van der Waals surface area (Å²) in [6.07, 6.45) is 3.37. The van der Waals surface area contributed by atoms with Gasteiger partial charge in [-0.2, -0.15) is 0 Å². The number of methoxy groups -OCH3 is 1. The standard InChI is InChI=1S/C15H16N2O2/c1-9-7-16-10(2)5-12(9)13-6-11(3)17-8-14(13)15(18)19-4/h5-8H,1-4H3. The van der Waals surface area contributed by atoms with E-state index in [2.05, 4.69) is 9.97 Å². The minimum atomic E-state index is -0.378. The molecule has 2 aromatic rings. The average Bonchev–Trinajstić information content (AvgIpc) is 2.40. The zero-order chi connectivity index (χ0) is 14.0. The molecule has 4 heteroatoms. The van der Waals surface area contributed by atoms with Crippen LogP contribution in [0.25, 0.3) is 11.1 Å². The molecule has 0 N–H and O–H groups in total. The van der Waals surface area contributed by atoms with Gasteiger partial charge >= 0.3 is 5.97 Å². The maximum Gasteiger partial charge on any atom is 0.340 e. The zero-order valence-corrected chi connectivity index (χ0v) is 11.5. The van der Waals surface area contributed by atoms with Crippen molar-refractivity contribution in [2.45, 2.75) is 20.8 Å². The molecular formula is C15H16N2O2. The molecule has 0 radical (unpaired) electrons. The van der Waals surface area contributed by atoms with E-state index in [9.17, 15) is 4.79 Å². The highest BCUT2D eigenvalue weighted by molar-refractivity contribution is 5.97. The van der Waals surface area contributed by atoms with Crippen molar-refractivity contribution in [1.29, 1.82) is 0 Å². The van der Waals surface area contributed by atoms with Gasteiger partial charge in [0.15, 0.2) is 0 Å². The Morgan fingerprint density at radius 2 is 1.58 bits per heavy atom. The molecule has 0 aliphatic rings. The van der Waals surface area contributed by atoms with Crippen molar-refractivity contribution >= 4 is 5.97 Å². The van der Waals surface area contributed by atoms with Crippen LogP contribution >= 0.6 is 0 Å². The summed E-state index contributed by atoms with van der Waals surface area (Å²) >= 11 is 0. The first-order valence-corrected chi connectivity index (χ1v) is 6.01. The third-order valence-electron chi connectivity index (χ3n) is 2.98. The molecule has 0 aromatic carbocycles.